The summed E-state index contributed by atoms with van der Waals surface area (Å²) in [6, 6.07) is 0. The Morgan fingerprint density at radius 2 is 2.45 bits per heavy atom. The SMILES string of the molecule is C#CCOC/C=C\C(=C)CO. The third-order valence-electron chi connectivity index (χ3n) is 0.956. The van der Waals surface area contributed by atoms with Gasteiger partial charge in [-0.05, 0) is 5.57 Å². The number of hydrogen-bond acceptors (Lipinski definition) is 2. The van der Waals surface area contributed by atoms with Crippen LogP contribution in [-0.2, 0) is 4.74 Å². The van der Waals surface area contributed by atoms with Crippen LogP contribution < -0.4 is 0 Å². The lowest BCUT2D eigenvalue weighted by molar-refractivity contribution is 0.199. The van der Waals surface area contributed by atoms with Crippen LogP contribution in [0.4, 0.5) is 0 Å². The van der Waals surface area contributed by atoms with Crippen molar-refractivity contribution >= 4 is 0 Å². The molecule has 2 heteroatoms. The number of aliphatic hydroxyl groups excluding tert-OH is 1. The average molecular weight is 152 g/mol. The lowest BCUT2D eigenvalue weighted by Crippen LogP contribution is -1.91. The highest BCUT2D eigenvalue weighted by Crippen LogP contribution is 1.89. The Labute approximate surface area is 67.2 Å². The summed E-state index contributed by atoms with van der Waals surface area (Å²) in [5.74, 6) is 2.34. The molecule has 1 N–H and O–H groups in total. The molecule has 0 unspecified atom stereocenters. The molecule has 0 aliphatic carbocycles. The molecule has 0 saturated heterocycles. The van der Waals surface area contributed by atoms with Crippen molar-refractivity contribution in [2.75, 3.05) is 19.8 Å². The van der Waals surface area contributed by atoms with Crippen LogP contribution in [0.1, 0.15) is 0 Å². The summed E-state index contributed by atoms with van der Waals surface area (Å²) in [4.78, 5) is 0. The second-order valence-corrected chi connectivity index (χ2v) is 1.94. The Kier molecular flexibility index (Phi) is 6.40. The van der Waals surface area contributed by atoms with E-state index in [0.29, 0.717) is 18.8 Å². The van der Waals surface area contributed by atoms with Gasteiger partial charge in [0, 0.05) is 0 Å². The van der Waals surface area contributed by atoms with Crippen molar-refractivity contribution in [1.29, 1.82) is 0 Å². The molecule has 0 aliphatic rings. The topological polar surface area (TPSA) is 29.5 Å². The fourth-order valence-electron chi connectivity index (χ4n) is 0.453. The van der Waals surface area contributed by atoms with E-state index in [2.05, 4.69) is 12.5 Å². The van der Waals surface area contributed by atoms with Gasteiger partial charge in [-0.25, -0.2) is 0 Å². The van der Waals surface area contributed by atoms with E-state index in [4.69, 9.17) is 16.3 Å². The summed E-state index contributed by atoms with van der Waals surface area (Å²) < 4.78 is 4.93. The van der Waals surface area contributed by atoms with E-state index in [1.807, 2.05) is 0 Å². The summed E-state index contributed by atoms with van der Waals surface area (Å²) in [7, 11) is 0. The number of rotatable bonds is 5. The van der Waals surface area contributed by atoms with Crippen molar-refractivity contribution in [2.24, 2.45) is 0 Å². The molecule has 60 valence electrons. The van der Waals surface area contributed by atoms with Gasteiger partial charge >= 0.3 is 0 Å². The molecule has 0 atom stereocenters. The van der Waals surface area contributed by atoms with Gasteiger partial charge in [0.15, 0.2) is 0 Å². The quantitative estimate of drug-likeness (QED) is 0.357. The number of terminal acetylenes is 1. The van der Waals surface area contributed by atoms with Crippen molar-refractivity contribution in [3.05, 3.63) is 24.3 Å². The van der Waals surface area contributed by atoms with Crippen molar-refractivity contribution < 1.29 is 9.84 Å². The van der Waals surface area contributed by atoms with E-state index < -0.39 is 0 Å². The van der Waals surface area contributed by atoms with Gasteiger partial charge in [0.05, 0.1) is 13.2 Å². The predicted molar refractivity (Wildman–Crippen MR) is 45.0 cm³/mol. The predicted octanol–water partition coefficient (Wildman–Crippen LogP) is 0.741. The second kappa shape index (κ2) is 7.07. The van der Waals surface area contributed by atoms with Crippen LogP contribution in [0.2, 0.25) is 0 Å². The van der Waals surface area contributed by atoms with E-state index in [-0.39, 0.29) is 6.61 Å². The molecule has 0 amide bonds. The fourth-order valence-corrected chi connectivity index (χ4v) is 0.453. The molecule has 0 aromatic carbocycles. The van der Waals surface area contributed by atoms with Crippen LogP contribution in [0, 0.1) is 12.3 Å². The highest BCUT2D eigenvalue weighted by molar-refractivity contribution is 5.14. The first-order valence-corrected chi connectivity index (χ1v) is 3.27. The second-order valence-electron chi connectivity index (χ2n) is 1.94. The third kappa shape index (κ3) is 6.85. The first kappa shape index (κ1) is 9.96. The summed E-state index contributed by atoms with van der Waals surface area (Å²) in [5.41, 5.74) is 0.661. The highest BCUT2D eigenvalue weighted by atomic mass is 16.5. The summed E-state index contributed by atoms with van der Waals surface area (Å²) >= 11 is 0. The van der Waals surface area contributed by atoms with Crippen LogP contribution in [0.3, 0.4) is 0 Å². The first-order valence-electron chi connectivity index (χ1n) is 3.27. The highest BCUT2D eigenvalue weighted by Gasteiger charge is 1.81. The van der Waals surface area contributed by atoms with E-state index in [0.717, 1.165) is 0 Å². The van der Waals surface area contributed by atoms with Crippen LogP contribution in [0.5, 0.6) is 0 Å². The van der Waals surface area contributed by atoms with Crippen molar-refractivity contribution in [1.82, 2.24) is 0 Å². The molecule has 0 radical (unpaired) electrons. The monoisotopic (exact) mass is 152 g/mol. The molecule has 0 bridgehead atoms. The van der Waals surface area contributed by atoms with Gasteiger partial charge in [-0.15, -0.1) is 6.42 Å². The minimum Gasteiger partial charge on any atom is -0.392 e. The average Bonchev–Trinajstić information content (AvgIpc) is 2.04. The zero-order chi connectivity index (χ0) is 8.53. The molecular weight excluding hydrogens is 140 g/mol. The van der Waals surface area contributed by atoms with E-state index in [1.165, 1.54) is 0 Å². The molecule has 2 nitrogen and oxygen atoms in total. The third-order valence-corrected chi connectivity index (χ3v) is 0.956. The van der Waals surface area contributed by atoms with Crippen molar-refractivity contribution in [3.8, 4) is 12.3 Å². The largest absolute Gasteiger partial charge is 0.392 e. The van der Waals surface area contributed by atoms with E-state index >= 15 is 0 Å². The van der Waals surface area contributed by atoms with Crippen LogP contribution in [0.25, 0.3) is 0 Å². The van der Waals surface area contributed by atoms with Crippen molar-refractivity contribution in [3.63, 3.8) is 0 Å². The Morgan fingerprint density at radius 1 is 1.73 bits per heavy atom. The summed E-state index contributed by atoms with van der Waals surface area (Å²) in [6.45, 7) is 4.31. The molecule has 11 heavy (non-hydrogen) atoms. The minimum absolute atomic E-state index is 0.0222. The normalized spacial score (nSPS) is 9.82. The Balaban J connectivity index is 3.31. The smallest absolute Gasteiger partial charge is 0.107 e. The van der Waals surface area contributed by atoms with Gasteiger partial charge in [-0.1, -0.05) is 24.7 Å². The van der Waals surface area contributed by atoms with Crippen LogP contribution in [0.15, 0.2) is 24.3 Å². The summed E-state index contributed by atoms with van der Waals surface area (Å²) in [5, 5.41) is 8.51. The Bertz CT molecular complexity index is 174. The van der Waals surface area contributed by atoms with Gasteiger partial charge in [-0.2, -0.15) is 0 Å². The van der Waals surface area contributed by atoms with E-state index in [9.17, 15) is 0 Å². The molecule has 0 fully saturated rings. The number of hydrogen-bond donors (Lipinski definition) is 1. The fraction of sp³-hybridized carbons (Fsp3) is 0.333. The van der Waals surface area contributed by atoms with Gasteiger partial charge in [0.25, 0.3) is 0 Å². The molecular formula is C9H12O2. The van der Waals surface area contributed by atoms with Gasteiger partial charge < -0.3 is 9.84 Å². The van der Waals surface area contributed by atoms with Gasteiger partial charge in [0.1, 0.15) is 6.61 Å². The van der Waals surface area contributed by atoms with Crippen molar-refractivity contribution in [2.45, 2.75) is 0 Å². The Hall–Kier alpha value is -1.04. The minimum atomic E-state index is -0.0222. The maximum absolute atomic E-state index is 8.51. The number of aliphatic hydroxyl groups is 1. The lowest BCUT2D eigenvalue weighted by Gasteiger charge is -1.93. The first-order chi connectivity index (χ1) is 5.31. The standard InChI is InChI=1S/C9H12O2/c1-3-6-11-7-4-5-9(2)8-10/h1,4-5,10H,2,6-8H2/b5-4-. The zero-order valence-corrected chi connectivity index (χ0v) is 6.42. The Morgan fingerprint density at radius 3 is 3.00 bits per heavy atom. The molecule has 0 aromatic rings. The summed E-state index contributed by atoms with van der Waals surface area (Å²) in [6.07, 6.45) is 8.40. The van der Waals surface area contributed by atoms with E-state index in [1.54, 1.807) is 12.2 Å². The maximum atomic E-state index is 8.51. The molecule has 0 saturated carbocycles. The molecule has 0 aromatic heterocycles. The maximum Gasteiger partial charge on any atom is 0.107 e. The van der Waals surface area contributed by atoms with Gasteiger partial charge in [-0.3, -0.25) is 0 Å². The molecule has 0 heterocycles. The lowest BCUT2D eigenvalue weighted by atomic mass is 10.3. The van der Waals surface area contributed by atoms with Crippen LogP contribution >= 0.6 is 0 Å². The van der Waals surface area contributed by atoms with Crippen LogP contribution in [-0.4, -0.2) is 24.9 Å². The molecule has 0 spiro atoms. The zero-order valence-electron chi connectivity index (χ0n) is 6.42. The molecule has 0 rings (SSSR count). The molecule has 0 aliphatic heterocycles. The number of ether oxygens (including phenoxy) is 1. The van der Waals surface area contributed by atoms with Gasteiger partial charge in [0.2, 0.25) is 0 Å².